The van der Waals surface area contributed by atoms with Crippen LogP contribution in [0.4, 0.5) is 0 Å². The van der Waals surface area contributed by atoms with Gasteiger partial charge in [0.05, 0.1) is 25.4 Å². The second-order valence-corrected chi connectivity index (χ2v) is 19.7. The third-order valence-electron chi connectivity index (χ3n) is 3.01. The molecule has 1 aromatic carbocycles. The van der Waals surface area contributed by atoms with E-state index in [4.69, 9.17) is 8.61 Å². The van der Waals surface area contributed by atoms with Gasteiger partial charge in [-0.05, 0) is 58.8 Å². The minimum Gasteiger partial charge on any atom is -0.544 e. The number of rotatable bonds is 7. The summed E-state index contributed by atoms with van der Waals surface area (Å²) in [5.41, 5.74) is 1.06. The van der Waals surface area contributed by atoms with Gasteiger partial charge in [0, 0.05) is 0 Å². The largest absolute Gasteiger partial charge is 0.544 e. The highest BCUT2D eigenvalue weighted by molar-refractivity contribution is 9.10. The molecule has 0 unspecified atom stereocenters. The number of hydrogen-bond donors (Lipinski definition) is 0. The van der Waals surface area contributed by atoms with E-state index in [0.717, 1.165) is 22.0 Å². The van der Waals surface area contributed by atoms with Gasteiger partial charge < -0.3 is 4.43 Å². The molecular formula is C15H27BrO4SSi2. The Bertz CT molecular complexity index is 661. The van der Waals surface area contributed by atoms with Gasteiger partial charge in [-0.1, -0.05) is 25.7 Å². The van der Waals surface area contributed by atoms with Gasteiger partial charge in [0.15, 0.2) is 0 Å². The fraction of sp³-hybridized carbons (Fsp3) is 0.600. The Morgan fingerprint density at radius 3 is 2.09 bits per heavy atom. The van der Waals surface area contributed by atoms with Crippen LogP contribution in [0, 0.1) is 0 Å². The van der Waals surface area contributed by atoms with Crippen LogP contribution in [0.2, 0.25) is 39.3 Å². The van der Waals surface area contributed by atoms with Crippen LogP contribution in [-0.4, -0.2) is 37.7 Å². The Morgan fingerprint density at radius 2 is 1.65 bits per heavy atom. The molecule has 1 aromatic rings. The Balaban J connectivity index is 3.16. The highest BCUT2D eigenvalue weighted by Crippen LogP contribution is 2.29. The molecule has 0 N–H and O–H groups in total. The highest BCUT2D eigenvalue weighted by Gasteiger charge is 2.27. The van der Waals surface area contributed by atoms with Crippen molar-refractivity contribution in [1.82, 2.24) is 0 Å². The molecular weight excluding hydrogens is 412 g/mol. The smallest absolute Gasteiger partial charge is 0.264 e. The van der Waals surface area contributed by atoms with Crippen molar-refractivity contribution in [3.8, 4) is 5.75 Å². The molecule has 0 aliphatic carbocycles. The summed E-state index contributed by atoms with van der Waals surface area (Å²) in [5.74, 6) is 0.955. The summed E-state index contributed by atoms with van der Waals surface area (Å²) in [6.07, 6.45) is 1.62. The van der Waals surface area contributed by atoms with E-state index in [2.05, 4.69) is 61.3 Å². The van der Waals surface area contributed by atoms with E-state index in [1.807, 2.05) is 6.07 Å². The van der Waals surface area contributed by atoms with Crippen LogP contribution in [0.5, 0.6) is 5.75 Å². The molecule has 23 heavy (non-hydrogen) atoms. The summed E-state index contributed by atoms with van der Waals surface area (Å²) in [5, 5.41) is 1.25. The maximum atomic E-state index is 11.1. The van der Waals surface area contributed by atoms with Crippen LogP contribution < -0.4 is 9.61 Å². The van der Waals surface area contributed by atoms with Gasteiger partial charge in [-0.3, -0.25) is 4.18 Å². The second kappa shape index (κ2) is 7.39. The summed E-state index contributed by atoms with van der Waals surface area (Å²) in [6, 6.07) is 4.16. The van der Waals surface area contributed by atoms with Crippen molar-refractivity contribution in [3.05, 3.63) is 22.2 Å². The Labute approximate surface area is 151 Å². The predicted octanol–water partition coefficient (Wildman–Crippen LogP) is 3.73. The van der Waals surface area contributed by atoms with Crippen LogP contribution in [0.15, 0.2) is 16.6 Å². The molecule has 0 saturated heterocycles. The SMILES string of the molecule is C[Si](C)(C)Oc1c(Br)cc(CCOS(C)(=O)=O)cc1[Si](C)(C)C. The summed E-state index contributed by atoms with van der Waals surface area (Å²) >= 11 is 3.63. The van der Waals surface area contributed by atoms with E-state index in [1.165, 1.54) is 5.19 Å². The van der Waals surface area contributed by atoms with E-state index in [0.29, 0.717) is 6.42 Å². The van der Waals surface area contributed by atoms with Gasteiger partial charge >= 0.3 is 0 Å². The number of halogens is 1. The molecule has 0 atom stereocenters. The van der Waals surface area contributed by atoms with Crippen molar-refractivity contribution in [2.75, 3.05) is 12.9 Å². The third-order valence-corrected chi connectivity index (χ3v) is 7.00. The Kier molecular flexibility index (Phi) is 6.71. The summed E-state index contributed by atoms with van der Waals surface area (Å²) in [4.78, 5) is 0. The fourth-order valence-electron chi connectivity index (χ4n) is 2.07. The van der Waals surface area contributed by atoms with Gasteiger partial charge in [-0.25, -0.2) is 0 Å². The molecule has 132 valence electrons. The molecule has 4 nitrogen and oxygen atoms in total. The fourth-order valence-corrected chi connectivity index (χ4v) is 5.80. The Hall–Kier alpha value is -0.156. The van der Waals surface area contributed by atoms with Crippen LogP contribution in [0.1, 0.15) is 5.56 Å². The van der Waals surface area contributed by atoms with Crippen LogP contribution in [0.25, 0.3) is 0 Å². The van der Waals surface area contributed by atoms with E-state index in [1.54, 1.807) is 0 Å². The first-order valence-corrected chi connectivity index (χ1v) is 17.1. The predicted molar refractivity (Wildman–Crippen MR) is 106 cm³/mol. The first-order valence-electron chi connectivity index (χ1n) is 7.55. The van der Waals surface area contributed by atoms with Gasteiger partial charge in [-0.15, -0.1) is 0 Å². The number of benzene rings is 1. The molecule has 0 aliphatic rings. The molecule has 0 fully saturated rings. The molecule has 0 saturated carbocycles. The zero-order valence-corrected chi connectivity index (χ0v) is 19.4. The van der Waals surface area contributed by atoms with Crippen molar-refractivity contribution < 1.29 is 17.0 Å². The molecule has 0 aliphatic heterocycles. The van der Waals surface area contributed by atoms with Crippen LogP contribution in [-0.2, 0) is 20.7 Å². The summed E-state index contributed by atoms with van der Waals surface area (Å²) in [7, 11) is -6.72. The molecule has 8 heteroatoms. The quantitative estimate of drug-likeness (QED) is 0.480. The van der Waals surface area contributed by atoms with E-state index >= 15 is 0 Å². The van der Waals surface area contributed by atoms with E-state index in [9.17, 15) is 8.42 Å². The van der Waals surface area contributed by atoms with Gasteiger partial charge in [0.2, 0.25) is 8.32 Å². The second-order valence-electron chi connectivity index (χ2n) is 7.69. The lowest BCUT2D eigenvalue weighted by Gasteiger charge is -2.28. The monoisotopic (exact) mass is 438 g/mol. The summed E-state index contributed by atoms with van der Waals surface area (Å²) < 4.78 is 34.3. The zero-order chi connectivity index (χ0) is 18.1. The van der Waals surface area contributed by atoms with E-state index < -0.39 is 26.5 Å². The first-order chi connectivity index (χ1) is 10.2. The molecule has 0 spiro atoms. The maximum Gasteiger partial charge on any atom is 0.264 e. The van der Waals surface area contributed by atoms with Gasteiger partial charge in [0.1, 0.15) is 5.75 Å². The van der Waals surface area contributed by atoms with Crippen molar-refractivity contribution in [3.63, 3.8) is 0 Å². The average Bonchev–Trinajstić information content (AvgIpc) is 2.27. The Morgan fingerprint density at radius 1 is 1.09 bits per heavy atom. The van der Waals surface area contributed by atoms with E-state index in [-0.39, 0.29) is 6.61 Å². The van der Waals surface area contributed by atoms with Gasteiger partial charge in [0.25, 0.3) is 10.1 Å². The highest BCUT2D eigenvalue weighted by atomic mass is 79.9. The van der Waals surface area contributed by atoms with Gasteiger partial charge in [-0.2, -0.15) is 8.42 Å². The minimum atomic E-state index is -3.40. The van der Waals surface area contributed by atoms with Crippen molar-refractivity contribution in [2.24, 2.45) is 0 Å². The molecule has 0 bridgehead atoms. The minimum absolute atomic E-state index is 0.157. The third kappa shape index (κ3) is 7.51. The molecule has 0 heterocycles. The van der Waals surface area contributed by atoms with Crippen molar-refractivity contribution in [2.45, 2.75) is 45.7 Å². The average molecular weight is 440 g/mol. The lowest BCUT2D eigenvalue weighted by atomic mass is 10.1. The molecule has 0 radical (unpaired) electrons. The topological polar surface area (TPSA) is 52.6 Å². The van der Waals surface area contributed by atoms with Crippen LogP contribution in [0.3, 0.4) is 0 Å². The number of hydrogen-bond acceptors (Lipinski definition) is 4. The van der Waals surface area contributed by atoms with Crippen molar-refractivity contribution in [1.29, 1.82) is 0 Å². The van der Waals surface area contributed by atoms with Crippen molar-refractivity contribution >= 4 is 47.6 Å². The maximum absolute atomic E-state index is 11.1. The lowest BCUT2D eigenvalue weighted by molar-refractivity contribution is 0.326. The zero-order valence-electron chi connectivity index (χ0n) is 15.0. The summed E-state index contributed by atoms with van der Waals surface area (Å²) in [6.45, 7) is 13.5. The lowest BCUT2D eigenvalue weighted by Crippen LogP contribution is -2.42. The molecule has 0 aromatic heterocycles. The van der Waals surface area contributed by atoms with Crippen LogP contribution >= 0.6 is 15.9 Å². The molecule has 0 amide bonds. The molecule has 1 rings (SSSR count). The normalized spacial score (nSPS) is 13.2. The standard InChI is InChI=1S/C15H27BrO4SSi2/c1-21(17,18)19-9-8-12-10-13(16)15(20-23(5,6)7)14(11-12)22(2,3)4/h10-11H,8-9H2,1-7H3. The first kappa shape index (κ1) is 20.9.